The van der Waals surface area contributed by atoms with Crippen LogP contribution in [0.1, 0.15) is 16.2 Å². The molecule has 0 radical (unpaired) electrons. The van der Waals surface area contributed by atoms with Crippen LogP contribution >= 0.6 is 11.6 Å². The number of rotatable bonds is 1. The molecule has 2 rings (SSSR count). The van der Waals surface area contributed by atoms with Gasteiger partial charge in [0.15, 0.2) is 0 Å². The maximum absolute atomic E-state index is 12.1. The van der Waals surface area contributed by atoms with E-state index in [-0.39, 0.29) is 22.4 Å². The van der Waals surface area contributed by atoms with E-state index < -0.39 is 5.97 Å². The van der Waals surface area contributed by atoms with Crippen molar-refractivity contribution in [3.8, 4) is 0 Å². The molecule has 0 unspecified atom stereocenters. The first-order chi connectivity index (χ1) is 8.47. The number of carbonyl (C=O) groups excluding carboxylic acids is 1. The predicted octanol–water partition coefficient (Wildman–Crippen LogP) is 1.65. The Morgan fingerprint density at radius 1 is 1.50 bits per heavy atom. The molecule has 1 aromatic carbocycles. The molecule has 0 amide bonds. The van der Waals surface area contributed by atoms with Gasteiger partial charge in [0.05, 0.1) is 17.2 Å². The second-order valence-corrected chi connectivity index (χ2v) is 4.08. The van der Waals surface area contributed by atoms with E-state index >= 15 is 0 Å². The molecule has 0 saturated carbocycles. The van der Waals surface area contributed by atoms with Crippen molar-refractivity contribution in [1.29, 1.82) is 0 Å². The lowest BCUT2D eigenvalue weighted by Gasteiger charge is -2.15. The predicted molar refractivity (Wildman–Crippen MR) is 65.2 cm³/mol. The molecule has 0 aliphatic heterocycles. The number of halogens is 1. The highest BCUT2D eigenvalue weighted by Gasteiger charge is 2.27. The van der Waals surface area contributed by atoms with E-state index in [2.05, 4.69) is 4.74 Å². The van der Waals surface area contributed by atoms with E-state index in [4.69, 9.17) is 11.6 Å². The maximum Gasteiger partial charge on any atom is 0.410 e. The fourth-order valence-corrected chi connectivity index (χ4v) is 1.87. The lowest BCUT2D eigenvalue weighted by molar-refractivity contribution is -0.469. The first kappa shape index (κ1) is 12.4. The van der Waals surface area contributed by atoms with Crippen LogP contribution in [0.2, 0.25) is 5.02 Å². The van der Waals surface area contributed by atoms with Gasteiger partial charge in [0, 0.05) is 16.0 Å². The highest BCUT2D eigenvalue weighted by molar-refractivity contribution is 6.31. The van der Waals surface area contributed by atoms with Crippen LogP contribution in [0, 0.1) is 17.0 Å². The normalized spacial score (nSPS) is 10.6. The van der Waals surface area contributed by atoms with Gasteiger partial charge in [-0.2, -0.15) is 0 Å². The summed E-state index contributed by atoms with van der Waals surface area (Å²) in [5.74, 6) is -0.867. The molecule has 1 aromatic heterocycles. The third-order valence-electron chi connectivity index (χ3n) is 2.60. The molecule has 0 aliphatic rings. The van der Waals surface area contributed by atoms with Gasteiger partial charge in [-0.1, -0.05) is 11.6 Å². The molecule has 6 nitrogen and oxygen atoms in total. The Kier molecular flexibility index (Phi) is 2.96. The zero-order valence-electron chi connectivity index (χ0n) is 9.64. The van der Waals surface area contributed by atoms with Crippen LogP contribution in [0.15, 0.2) is 18.2 Å². The summed E-state index contributed by atoms with van der Waals surface area (Å²) in [5.41, 5.74) is -0.211. The molecule has 0 aliphatic carbocycles. The van der Waals surface area contributed by atoms with Crippen LogP contribution in [-0.2, 0) is 4.74 Å². The summed E-state index contributed by atoms with van der Waals surface area (Å²) in [6.45, 7) is 1.38. The Hall–Kier alpha value is -2.08. The minimum atomic E-state index is -0.867. The van der Waals surface area contributed by atoms with E-state index in [0.717, 1.165) is 7.11 Å². The van der Waals surface area contributed by atoms with E-state index in [1.165, 1.54) is 25.1 Å². The van der Waals surface area contributed by atoms with Crippen molar-refractivity contribution in [1.82, 2.24) is 4.73 Å². The minimum absolute atomic E-state index is 0.0171. The van der Waals surface area contributed by atoms with Gasteiger partial charge in [-0.3, -0.25) is 0 Å². The smallest absolute Gasteiger partial charge is 0.410 e. The van der Waals surface area contributed by atoms with Gasteiger partial charge in [-0.05, 0) is 19.1 Å². The first-order valence-corrected chi connectivity index (χ1v) is 5.38. The number of carbonyl (C=O) groups is 1. The quantitative estimate of drug-likeness (QED) is 0.582. The molecule has 1 heterocycles. The molecule has 0 atom stereocenters. The number of esters is 1. The number of aromatic nitrogens is 2. The van der Waals surface area contributed by atoms with Crippen LogP contribution in [0.4, 0.5) is 0 Å². The summed E-state index contributed by atoms with van der Waals surface area (Å²) in [4.78, 5) is 23.6. The largest absolute Gasteiger partial charge is 0.805 e. The van der Waals surface area contributed by atoms with Crippen molar-refractivity contribution < 1.29 is 14.0 Å². The Morgan fingerprint density at radius 3 is 2.78 bits per heavy atom. The summed E-state index contributed by atoms with van der Waals surface area (Å²) >= 11 is 5.77. The number of fused-ring (bicyclic) bond motifs is 1. The third kappa shape index (κ3) is 1.70. The van der Waals surface area contributed by atoms with Gasteiger partial charge >= 0.3 is 11.7 Å². The van der Waals surface area contributed by atoms with Crippen LogP contribution in [0.3, 0.4) is 0 Å². The minimum Gasteiger partial charge on any atom is -0.805 e. The summed E-state index contributed by atoms with van der Waals surface area (Å²) < 4.78 is 5.35. The highest BCUT2D eigenvalue weighted by atomic mass is 35.5. The number of methoxy groups -OCH3 is 1. The standard InChI is InChI=1S/C11H9ClN2O4/c1-6-10(11(15)18-2)14(17)9-5-7(12)3-4-8(9)13(6)16/h3-5H,1-2H3. The van der Waals surface area contributed by atoms with Crippen LogP contribution in [0.25, 0.3) is 11.0 Å². The zero-order chi connectivity index (χ0) is 13.4. The van der Waals surface area contributed by atoms with E-state index in [1.54, 1.807) is 0 Å². The molecular weight excluding hydrogens is 260 g/mol. The highest BCUT2D eigenvalue weighted by Crippen LogP contribution is 2.18. The topological polar surface area (TPSA) is 77.3 Å². The maximum atomic E-state index is 12.1. The van der Waals surface area contributed by atoms with Gasteiger partial charge in [-0.15, -0.1) is 0 Å². The SMILES string of the molecule is COC(=O)c1c(C)n([O-])c2ccc(Cl)cc2[n+]1=O. The van der Waals surface area contributed by atoms with Crippen molar-refractivity contribution in [2.45, 2.75) is 6.92 Å². The number of hydrogen-bond donors (Lipinski definition) is 0. The van der Waals surface area contributed by atoms with Crippen molar-refractivity contribution in [3.63, 3.8) is 0 Å². The molecule has 0 fully saturated rings. The van der Waals surface area contributed by atoms with E-state index in [9.17, 15) is 14.9 Å². The molecule has 94 valence electrons. The van der Waals surface area contributed by atoms with Crippen LogP contribution < -0.4 is 4.43 Å². The fourth-order valence-electron chi connectivity index (χ4n) is 1.70. The molecule has 2 aromatic rings. The summed E-state index contributed by atoms with van der Waals surface area (Å²) in [7, 11) is 1.14. The van der Waals surface area contributed by atoms with Gasteiger partial charge < -0.3 is 14.7 Å². The Balaban J connectivity index is 2.98. The van der Waals surface area contributed by atoms with Crippen molar-refractivity contribution in [2.75, 3.05) is 7.11 Å². The monoisotopic (exact) mass is 268 g/mol. The van der Waals surface area contributed by atoms with Gasteiger partial charge in [0.2, 0.25) is 0 Å². The molecular formula is C11H9ClN2O4. The van der Waals surface area contributed by atoms with Crippen molar-refractivity contribution in [3.05, 3.63) is 44.7 Å². The second kappa shape index (κ2) is 4.30. The Morgan fingerprint density at radius 2 is 2.17 bits per heavy atom. The summed E-state index contributed by atoms with van der Waals surface area (Å²) in [6.07, 6.45) is 0. The van der Waals surface area contributed by atoms with E-state index in [1.807, 2.05) is 0 Å². The summed E-state index contributed by atoms with van der Waals surface area (Å²) in [5, 5.41) is 12.2. The Labute approximate surface area is 107 Å². The summed E-state index contributed by atoms with van der Waals surface area (Å²) in [6, 6.07) is 4.24. The molecule has 0 saturated heterocycles. The van der Waals surface area contributed by atoms with Crippen LogP contribution in [0.5, 0.6) is 0 Å². The number of nitrogens with zero attached hydrogens (tertiary/aromatic N) is 2. The molecule has 0 N–H and O–H groups in total. The third-order valence-corrected chi connectivity index (χ3v) is 2.84. The van der Waals surface area contributed by atoms with Gasteiger partial charge in [-0.25, -0.2) is 4.79 Å². The first-order valence-electron chi connectivity index (χ1n) is 5.00. The van der Waals surface area contributed by atoms with Gasteiger partial charge in [0.25, 0.3) is 5.52 Å². The number of benzene rings is 1. The fraction of sp³-hybridized carbons (Fsp3) is 0.182. The molecule has 18 heavy (non-hydrogen) atoms. The lowest BCUT2D eigenvalue weighted by Crippen LogP contribution is -2.31. The zero-order valence-corrected chi connectivity index (χ0v) is 10.4. The average Bonchev–Trinajstić information content (AvgIpc) is 2.36. The van der Waals surface area contributed by atoms with E-state index in [0.29, 0.717) is 14.2 Å². The van der Waals surface area contributed by atoms with Crippen LogP contribution in [-0.4, -0.2) is 17.8 Å². The molecule has 7 heteroatoms. The second-order valence-electron chi connectivity index (χ2n) is 3.65. The average molecular weight is 269 g/mol. The molecule has 0 bridgehead atoms. The number of hydrogen-bond acceptors (Lipinski definition) is 4. The molecule has 0 spiro atoms. The number of ether oxygens (including phenoxy) is 1. The van der Waals surface area contributed by atoms with Crippen molar-refractivity contribution >= 4 is 28.6 Å². The van der Waals surface area contributed by atoms with Crippen molar-refractivity contribution in [2.24, 2.45) is 0 Å². The lowest BCUT2D eigenvalue weighted by atomic mass is 10.2. The van der Waals surface area contributed by atoms with Gasteiger partial charge in [0.1, 0.15) is 5.52 Å². The Bertz CT molecular complexity index is 708.